The second-order valence-corrected chi connectivity index (χ2v) is 16.2. The molecule has 14 heteroatoms. The van der Waals surface area contributed by atoms with Crippen LogP contribution in [0.1, 0.15) is 107 Å². The molecule has 1 aliphatic heterocycles. The molecule has 4 N–H and O–H groups in total. The molecule has 5 amide bonds. The first-order valence-corrected chi connectivity index (χ1v) is 19.2. The molecule has 13 nitrogen and oxygen atoms in total. The summed E-state index contributed by atoms with van der Waals surface area (Å²) in [7, 11) is 0. The Kier molecular flexibility index (Phi) is 13.2. The molecule has 286 valence electrons. The van der Waals surface area contributed by atoms with Gasteiger partial charge in [0.2, 0.25) is 23.5 Å². The lowest BCUT2D eigenvalue weighted by atomic mass is 9.82. The Hall–Kier alpha value is -4.39. The van der Waals surface area contributed by atoms with Crippen molar-refractivity contribution in [3.63, 3.8) is 0 Å². The molecule has 2 heterocycles. The van der Waals surface area contributed by atoms with Crippen LogP contribution >= 0.6 is 11.6 Å². The molecule has 0 bridgehead atoms. The molecular formula is C39H52ClN7O6. The van der Waals surface area contributed by atoms with Gasteiger partial charge in [-0.05, 0) is 61.1 Å². The zero-order valence-electron chi connectivity index (χ0n) is 31.0. The average Bonchev–Trinajstić information content (AvgIpc) is 3.85. The number of nitrogens with zero attached hydrogens (tertiary/aromatic N) is 3. The van der Waals surface area contributed by atoms with Gasteiger partial charge in [-0.1, -0.05) is 77.1 Å². The first-order chi connectivity index (χ1) is 25.3. The van der Waals surface area contributed by atoms with Gasteiger partial charge in [0.05, 0.1) is 18.2 Å². The number of ketones is 1. The quantitative estimate of drug-likeness (QED) is 0.211. The Morgan fingerprint density at radius 2 is 1.60 bits per heavy atom. The lowest BCUT2D eigenvalue weighted by Gasteiger charge is -2.36. The number of carbonyl (C=O) groups excluding carboxylic acids is 6. The van der Waals surface area contributed by atoms with Crippen molar-refractivity contribution in [2.24, 2.45) is 17.3 Å². The minimum absolute atomic E-state index is 0.00301. The van der Waals surface area contributed by atoms with E-state index in [-0.39, 0.29) is 43.1 Å². The van der Waals surface area contributed by atoms with E-state index in [0.717, 1.165) is 50.5 Å². The molecule has 0 unspecified atom stereocenters. The number of benzene rings is 1. The molecule has 5 rings (SSSR count). The molecule has 2 aliphatic carbocycles. The van der Waals surface area contributed by atoms with Gasteiger partial charge < -0.3 is 26.2 Å². The lowest BCUT2D eigenvalue weighted by molar-refractivity contribution is -0.141. The van der Waals surface area contributed by atoms with Crippen molar-refractivity contribution in [3.8, 4) is 0 Å². The van der Waals surface area contributed by atoms with Crippen molar-refractivity contribution in [3.05, 3.63) is 59.1 Å². The first kappa shape index (κ1) is 39.8. The maximum absolute atomic E-state index is 14.5. The van der Waals surface area contributed by atoms with Gasteiger partial charge >= 0.3 is 0 Å². The molecular weight excluding hydrogens is 698 g/mol. The third-order valence-corrected chi connectivity index (χ3v) is 10.8. The molecule has 5 atom stereocenters. The second-order valence-electron chi connectivity index (χ2n) is 15.7. The Balaban J connectivity index is 1.37. The molecule has 53 heavy (non-hydrogen) atoms. The molecule has 0 spiro atoms. The molecule has 0 radical (unpaired) electrons. The van der Waals surface area contributed by atoms with Crippen molar-refractivity contribution < 1.29 is 28.8 Å². The number of Topliss-reactive ketones (excluding diaryl/α,β-unsaturated/α-hetero) is 1. The number of halogens is 1. The molecule has 2 saturated carbocycles. The van der Waals surface area contributed by atoms with Crippen LogP contribution < -0.4 is 21.3 Å². The van der Waals surface area contributed by atoms with E-state index in [9.17, 15) is 28.8 Å². The summed E-state index contributed by atoms with van der Waals surface area (Å²) in [6.07, 6.45) is 11.1. The van der Waals surface area contributed by atoms with E-state index in [4.69, 9.17) is 11.6 Å². The fourth-order valence-corrected chi connectivity index (χ4v) is 7.46. The summed E-state index contributed by atoms with van der Waals surface area (Å²) in [4.78, 5) is 91.5. The molecule has 1 aromatic carbocycles. The summed E-state index contributed by atoms with van der Waals surface area (Å²) in [5.41, 5.74) is 0.128. The highest BCUT2D eigenvalue weighted by molar-refractivity contribution is 6.38. The first-order valence-electron chi connectivity index (χ1n) is 18.8. The van der Waals surface area contributed by atoms with Crippen molar-refractivity contribution in [2.75, 3.05) is 13.1 Å². The fourth-order valence-electron chi connectivity index (χ4n) is 7.34. The predicted octanol–water partition coefficient (Wildman–Crippen LogP) is 3.71. The van der Waals surface area contributed by atoms with E-state index in [1.54, 1.807) is 17.0 Å². The standard InChI is InChI=1S/C39H52ClN7O6/c1-5-9-29(32(48)37(52)43-26-16-17-26)44-34(49)28-22-47(21-27(28)23-12-14-25(40)15-13-23)38(53)33(39(2,3)4)46-36(51)31(24-10-7-6-8-11-24)45-35(50)30-20-41-18-19-42-30/h12-15,18-20,24,26-29,31,33H,5-11,16-17,21-22H2,1-4H3,(H,43,52)(H,44,49)(H,45,50)(H,46,51)/t27-,28+,29-,31-,33+/m0/s1. The van der Waals surface area contributed by atoms with Crippen molar-refractivity contribution >= 4 is 46.9 Å². The molecule has 2 aromatic rings. The van der Waals surface area contributed by atoms with E-state index >= 15 is 0 Å². The van der Waals surface area contributed by atoms with Gasteiger partial charge in [-0.25, -0.2) is 4.98 Å². The van der Waals surface area contributed by atoms with Gasteiger partial charge in [-0.2, -0.15) is 0 Å². The van der Waals surface area contributed by atoms with Crippen molar-refractivity contribution in [1.29, 1.82) is 0 Å². The predicted molar refractivity (Wildman–Crippen MR) is 199 cm³/mol. The summed E-state index contributed by atoms with van der Waals surface area (Å²) in [5.74, 6) is -4.51. The van der Waals surface area contributed by atoms with Gasteiger partial charge in [0.1, 0.15) is 17.8 Å². The van der Waals surface area contributed by atoms with Gasteiger partial charge in [-0.3, -0.25) is 33.8 Å². The number of likely N-dealkylation sites (tertiary alicyclic amines) is 1. The lowest BCUT2D eigenvalue weighted by Crippen LogP contribution is -2.60. The molecule has 1 aromatic heterocycles. The maximum atomic E-state index is 14.5. The van der Waals surface area contributed by atoms with Gasteiger partial charge in [0, 0.05) is 42.5 Å². The number of aromatic nitrogens is 2. The van der Waals surface area contributed by atoms with Crippen LogP contribution in [0.25, 0.3) is 0 Å². The van der Waals surface area contributed by atoms with Crippen LogP contribution in [-0.4, -0.2) is 87.4 Å². The number of hydrogen-bond donors (Lipinski definition) is 4. The Morgan fingerprint density at radius 3 is 2.21 bits per heavy atom. The summed E-state index contributed by atoms with van der Waals surface area (Å²) < 4.78 is 0. The minimum Gasteiger partial charge on any atom is -0.347 e. The molecule has 3 fully saturated rings. The smallest absolute Gasteiger partial charge is 0.289 e. The topological polar surface area (TPSA) is 180 Å². The maximum Gasteiger partial charge on any atom is 0.289 e. The zero-order valence-corrected chi connectivity index (χ0v) is 31.8. The third-order valence-electron chi connectivity index (χ3n) is 10.5. The molecule has 1 saturated heterocycles. The number of rotatable bonds is 14. The van der Waals surface area contributed by atoms with Gasteiger partial charge in [0.25, 0.3) is 11.8 Å². The SMILES string of the molecule is CCC[C@H](NC(=O)[C@@H]1CN(C(=O)[C@@H](NC(=O)[C@@H](NC(=O)c2cnccn2)C2CCCCC2)C(C)(C)C)C[C@H]1c1ccc(Cl)cc1)C(=O)C(=O)NC1CC1. The summed E-state index contributed by atoms with van der Waals surface area (Å²) >= 11 is 6.20. The van der Waals surface area contributed by atoms with E-state index in [2.05, 4.69) is 31.2 Å². The van der Waals surface area contributed by atoms with Crippen molar-refractivity contribution in [2.45, 2.75) is 116 Å². The van der Waals surface area contributed by atoms with Crippen LogP contribution in [0, 0.1) is 17.3 Å². The number of hydrogen-bond acceptors (Lipinski definition) is 8. The number of carbonyl (C=O) groups is 6. The van der Waals surface area contributed by atoms with E-state index in [1.165, 1.54) is 18.6 Å². The Morgan fingerprint density at radius 1 is 0.906 bits per heavy atom. The Bertz CT molecular complexity index is 1640. The van der Waals surface area contributed by atoms with Gasteiger partial charge in [-0.15, -0.1) is 0 Å². The van der Waals surface area contributed by atoms with Crippen LogP contribution in [0.5, 0.6) is 0 Å². The van der Waals surface area contributed by atoms with E-state index in [0.29, 0.717) is 11.4 Å². The van der Waals surface area contributed by atoms with Crippen LogP contribution in [-0.2, 0) is 24.0 Å². The van der Waals surface area contributed by atoms with E-state index < -0.39 is 64.8 Å². The minimum atomic E-state index is -1.00. The van der Waals surface area contributed by atoms with Crippen molar-refractivity contribution in [1.82, 2.24) is 36.1 Å². The number of nitrogens with one attached hydrogen (secondary N) is 4. The highest BCUT2D eigenvalue weighted by Gasteiger charge is 2.46. The summed E-state index contributed by atoms with van der Waals surface area (Å²) in [5, 5.41) is 12.0. The average molecular weight is 750 g/mol. The second kappa shape index (κ2) is 17.6. The van der Waals surface area contributed by atoms with Crippen LogP contribution in [0.3, 0.4) is 0 Å². The van der Waals surface area contributed by atoms with Crippen LogP contribution in [0.15, 0.2) is 42.9 Å². The fraction of sp³-hybridized carbons (Fsp3) is 0.590. The van der Waals surface area contributed by atoms with Crippen LogP contribution in [0.2, 0.25) is 5.02 Å². The highest BCUT2D eigenvalue weighted by atomic mass is 35.5. The van der Waals surface area contributed by atoms with Crippen LogP contribution in [0.4, 0.5) is 0 Å². The third kappa shape index (κ3) is 10.4. The Labute approximate surface area is 316 Å². The monoisotopic (exact) mass is 749 g/mol. The molecule has 3 aliphatic rings. The van der Waals surface area contributed by atoms with E-state index in [1.807, 2.05) is 39.8 Å². The summed E-state index contributed by atoms with van der Waals surface area (Å²) in [6, 6.07) is 4.18. The summed E-state index contributed by atoms with van der Waals surface area (Å²) in [6.45, 7) is 7.64. The largest absolute Gasteiger partial charge is 0.347 e. The zero-order chi connectivity index (χ0) is 38.3. The normalized spacial score (nSPS) is 20.8. The van der Waals surface area contributed by atoms with Gasteiger partial charge in [0.15, 0.2) is 0 Å². The number of amides is 5. The highest BCUT2D eigenvalue weighted by Crippen LogP contribution is 2.36.